The molecule has 0 saturated heterocycles. The van der Waals surface area contributed by atoms with E-state index in [1.807, 2.05) is 6.92 Å². The number of aromatic nitrogens is 2. The van der Waals surface area contributed by atoms with Crippen LogP contribution >= 0.6 is 0 Å². The predicted molar refractivity (Wildman–Crippen MR) is 88.3 cm³/mol. The minimum atomic E-state index is -4.49. The van der Waals surface area contributed by atoms with Gasteiger partial charge in [0.15, 0.2) is 0 Å². The summed E-state index contributed by atoms with van der Waals surface area (Å²) in [6, 6.07) is 6.80. The lowest BCUT2D eigenvalue weighted by atomic mass is 10.1. The van der Waals surface area contributed by atoms with E-state index in [1.165, 1.54) is 0 Å². The van der Waals surface area contributed by atoms with Crippen LogP contribution in [0.4, 0.5) is 13.2 Å². The van der Waals surface area contributed by atoms with Gasteiger partial charge in [0.25, 0.3) is 5.56 Å². The van der Waals surface area contributed by atoms with E-state index >= 15 is 0 Å². The third kappa shape index (κ3) is 4.80. The minimum Gasteiger partial charge on any atom is -0.332 e. The number of hydrogen-bond acceptors (Lipinski definition) is 3. The first kappa shape index (κ1) is 19.0. The smallest absolute Gasteiger partial charge is 0.332 e. The molecule has 25 heavy (non-hydrogen) atoms. The van der Waals surface area contributed by atoms with E-state index in [1.54, 1.807) is 31.2 Å². The van der Waals surface area contributed by atoms with Crippen molar-refractivity contribution in [2.45, 2.75) is 39.4 Å². The van der Waals surface area contributed by atoms with Crippen LogP contribution in [0, 0.1) is 6.92 Å². The Morgan fingerprint density at radius 3 is 2.48 bits per heavy atom. The summed E-state index contributed by atoms with van der Waals surface area (Å²) >= 11 is 0. The highest BCUT2D eigenvalue weighted by Crippen LogP contribution is 2.17. The van der Waals surface area contributed by atoms with Crippen molar-refractivity contribution >= 4 is 16.7 Å². The van der Waals surface area contributed by atoms with Crippen LogP contribution in [0.5, 0.6) is 0 Å². The largest absolute Gasteiger partial charge is 0.406 e. The van der Waals surface area contributed by atoms with Gasteiger partial charge in [-0.2, -0.15) is 18.3 Å². The lowest BCUT2D eigenvalue weighted by Gasteiger charge is -2.24. The lowest BCUT2D eigenvalue weighted by Crippen LogP contribution is -2.43. The normalized spacial score (nSPS) is 11.7. The average molecular weight is 355 g/mol. The van der Waals surface area contributed by atoms with Crippen LogP contribution in [0.15, 0.2) is 29.1 Å². The van der Waals surface area contributed by atoms with E-state index in [4.69, 9.17) is 0 Å². The lowest BCUT2D eigenvalue weighted by molar-refractivity contribution is -0.161. The van der Waals surface area contributed by atoms with Crippen molar-refractivity contribution in [1.82, 2.24) is 14.7 Å². The molecule has 0 bridgehead atoms. The van der Waals surface area contributed by atoms with Crippen LogP contribution in [-0.4, -0.2) is 39.9 Å². The Labute approximate surface area is 143 Å². The number of rotatable bonds is 6. The molecule has 0 radical (unpaired) electrons. The Bertz CT molecular complexity index is 815. The zero-order valence-electron chi connectivity index (χ0n) is 14.1. The van der Waals surface area contributed by atoms with Crippen LogP contribution in [0.25, 0.3) is 10.8 Å². The zero-order chi connectivity index (χ0) is 18.6. The van der Waals surface area contributed by atoms with Crippen molar-refractivity contribution in [3.05, 3.63) is 40.3 Å². The number of alkyl halides is 3. The van der Waals surface area contributed by atoms with Crippen LogP contribution in [0.1, 0.15) is 25.5 Å². The van der Waals surface area contributed by atoms with Gasteiger partial charge in [-0.3, -0.25) is 9.59 Å². The summed E-state index contributed by atoms with van der Waals surface area (Å²) in [5, 5.41) is 5.12. The summed E-state index contributed by atoms with van der Waals surface area (Å²) in [5.74, 6) is -0.768. The molecule has 0 N–H and O–H groups in total. The number of unbranched alkanes of at least 4 members (excludes halogenated alkanes) is 1. The Hall–Kier alpha value is -2.38. The summed E-state index contributed by atoms with van der Waals surface area (Å²) < 4.78 is 39.1. The minimum absolute atomic E-state index is 0.00381. The van der Waals surface area contributed by atoms with Crippen LogP contribution in [0.2, 0.25) is 0 Å². The second-order valence-electron chi connectivity index (χ2n) is 5.88. The number of halogens is 3. The monoisotopic (exact) mass is 355 g/mol. The van der Waals surface area contributed by atoms with Crippen molar-refractivity contribution in [2.75, 3.05) is 13.1 Å². The van der Waals surface area contributed by atoms with Gasteiger partial charge in [-0.15, -0.1) is 0 Å². The summed E-state index contributed by atoms with van der Waals surface area (Å²) in [5.41, 5.74) is 0.0518. The van der Waals surface area contributed by atoms with Gasteiger partial charge in [-0.1, -0.05) is 31.5 Å². The van der Waals surface area contributed by atoms with Gasteiger partial charge in [-0.05, 0) is 19.4 Å². The highest BCUT2D eigenvalue weighted by Gasteiger charge is 2.33. The second kappa shape index (κ2) is 7.67. The van der Waals surface area contributed by atoms with E-state index in [0.29, 0.717) is 29.3 Å². The standard InChI is InChI=1S/C17H20F3N3O2/c1-3-4-9-22(11-17(18,19)20)15(24)10-23-16(25)14-8-6-5-7-13(14)12(2)21-23/h5-8H,3-4,9-11H2,1-2H3. The van der Waals surface area contributed by atoms with Gasteiger partial charge in [-0.25, -0.2) is 4.68 Å². The molecule has 8 heteroatoms. The first-order valence-corrected chi connectivity index (χ1v) is 8.04. The van der Waals surface area contributed by atoms with Crippen molar-refractivity contribution < 1.29 is 18.0 Å². The number of nitrogens with zero attached hydrogens (tertiary/aromatic N) is 3. The maximum absolute atomic E-state index is 12.7. The maximum Gasteiger partial charge on any atom is 0.406 e. The van der Waals surface area contributed by atoms with Crippen LogP contribution in [-0.2, 0) is 11.3 Å². The molecule has 0 fully saturated rings. The summed E-state index contributed by atoms with van der Waals surface area (Å²) in [4.78, 5) is 25.5. The maximum atomic E-state index is 12.7. The number of hydrogen-bond donors (Lipinski definition) is 0. The molecule has 1 aromatic heterocycles. The number of aryl methyl sites for hydroxylation is 1. The molecule has 0 aliphatic carbocycles. The predicted octanol–water partition coefficient (Wildman–Crippen LogP) is 2.90. The van der Waals surface area contributed by atoms with Crippen LogP contribution < -0.4 is 5.56 Å². The van der Waals surface area contributed by atoms with Gasteiger partial charge < -0.3 is 4.90 Å². The van der Waals surface area contributed by atoms with Crippen molar-refractivity contribution in [3.8, 4) is 0 Å². The molecule has 0 unspecified atom stereocenters. The average Bonchev–Trinajstić information content (AvgIpc) is 2.55. The molecule has 0 atom stereocenters. The van der Waals surface area contributed by atoms with E-state index in [-0.39, 0.29) is 6.54 Å². The molecule has 1 amide bonds. The first-order chi connectivity index (χ1) is 11.7. The molecule has 2 rings (SSSR count). The third-order valence-corrected chi connectivity index (χ3v) is 3.84. The molecule has 1 heterocycles. The Morgan fingerprint density at radius 1 is 1.24 bits per heavy atom. The molecular weight excluding hydrogens is 335 g/mol. The Morgan fingerprint density at radius 2 is 1.88 bits per heavy atom. The SMILES string of the molecule is CCCCN(CC(F)(F)F)C(=O)Cn1nc(C)c2ccccc2c1=O. The molecule has 0 aliphatic rings. The number of benzene rings is 1. The zero-order valence-corrected chi connectivity index (χ0v) is 14.1. The number of fused-ring (bicyclic) bond motifs is 1. The van der Waals surface area contributed by atoms with Crippen LogP contribution in [0.3, 0.4) is 0 Å². The molecule has 136 valence electrons. The summed E-state index contributed by atoms with van der Waals surface area (Å²) in [6.07, 6.45) is -3.36. The molecule has 5 nitrogen and oxygen atoms in total. The van der Waals surface area contributed by atoms with E-state index < -0.39 is 30.7 Å². The fourth-order valence-corrected chi connectivity index (χ4v) is 2.60. The molecule has 1 aromatic carbocycles. The fraction of sp³-hybridized carbons (Fsp3) is 0.471. The molecule has 2 aromatic rings. The summed E-state index contributed by atoms with van der Waals surface area (Å²) in [6.45, 7) is 1.68. The van der Waals surface area contributed by atoms with E-state index in [2.05, 4.69) is 5.10 Å². The Balaban J connectivity index is 2.30. The van der Waals surface area contributed by atoms with Gasteiger partial charge in [0.2, 0.25) is 5.91 Å². The van der Waals surface area contributed by atoms with Gasteiger partial charge in [0, 0.05) is 11.9 Å². The topological polar surface area (TPSA) is 55.2 Å². The third-order valence-electron chi connectivity index (χ3n) is 3.84. The van der Waals surface area contributed by atoms with Crippen molar-refractivity contribution in [2.24, 2.45) is 0 Å². The molecule has 0 saturated carbocycles. The number of amides is 1. The first-order valence-electron chi connectivity index (χ1n) is 8.04. The van der Waals surface area contributed by atoms with Gasteiger partial charge >= 0.3 is 6.18 Å². The quantitative estimate of drug-likeness (QED) is 0.801. The van der Waals surface area contributed by atoms with Crippen molar-refractivity contribution in [3.63, 3.8) is 0 Å². The summed E-state index contributed by atoms with van der Waals surface area (Å²) in [7, 11) is 0. The number of carbonyl (C=O) groups excluding carboxylic acids is 1. The highest BCUT2D eigenvalue weighted by atomic mass is 19.4. The second-order valence-corrected chi connectivity index (χ2v) is 5.88. The molecule has 0 aliphatic heterocycles. The molecular formula is C17H20F3N3O2. The molecule has 0 spiro atoms. The highest BCUT2D eigenvalue weighted by molar-refractivity contribution is 5.83. The van der Waals surface area contributed by atoms with E-state index in [9.17, 15) is 22.8 Å². The van der Waals surface area contributed by atoms with Crippen molar-refractivity contribution in [1.29, 1.82) is 0 Å². The van der Waals surface area contributed by atoms with E-state index in [0.717, 1.165) is 9.58 Å². The van der Waals surface area contributed by atoms with Gasteiger partial charge in [0.05, 0.1) is 11.1 Å². The fourth-order valence-electron chi connectivity index (χ4n) is 2.60. The Kier molecular flexibility index (Phi) is 5.81. The van der Waals surface area contributed by atoms with Gasteiger partial charge in [0.1, 0.15) is 13.1 Å². The number of carbonyl (C=O) groups is 1.